The highest BCUT2D eigenvalue weighted by Crippen LogP contribution is 2.06. The lowest BCUT2D eigenvalue weighted by Gasteiger charge is -2.09. The van der Waals surface area contributed by atoms with E-state index in [4.69, 9.17) is 5.11 Å². The second-order valence-corrected chi connectivity index (χ2v) is 2.03. The van der Waals surface area contributed by atoms with Crippen molar-refractivity contribution in [3.63, 3.8) is 0 Å². The zero-order valence-electron chi connectivity index (χ0n) is 5.05. The molecule has 0 unspecified atom stereocenters. The van der Waals surface area contributed by atoms with E-state index in [0.717, 1.165) is 13.0 Å². The van der Waals surface area contributed by atoms with Crippen LogP contribution >= 0.6 is 0 Å². The second kappa shape index (κ2) is 2.53. The first-order chi connectivity index (χ1) is 4.30. The van der Waals surface area contributed by atoms with Crippen molar-refractivity contribution in [2.24, 2.45) is 0 Å². The van der Waals surface area contributed by atoms with Crippen molar-refractivity contribution in [3.05, 3.63) is 11.8 Å². The molecule has 3 nitrogen and oxygen atoms in total. The molecule has 2 N–H and O–H groups in total. The lowest BCUT2D eigenvalue weighted by molar-refractivity contribution is -0.132. The maximum atomic E-state index is 10.2. The van der Waals surface area contributed by atoms with Crippen molar-refractivity contribution in [1.29, 1.82) is 0 Å². The predicted octanol–water partition coefficient (Wildman–Crippen LogP) is 0.338. The SMILES string of the molecule is O=C(O)C1=CNCCC1. The van der Waals surface area contributed by atoms with Gasteiger partial charge in [-0.1, -0.05) is 0 Å². The number of aliphatic carboxylic acids is 1. The summed E-state index contributed by atoms with van der Waals surface area (Å²) in [7, 11) is 0. The van der Waals surface area contributed by atoms with Gasteiger partial charge in [0.15, 0.2) is 0 Å². The number of nitrogens with one attached hydrogen (secondary N) is 1. The third-order valence-electron chi connectivity index (χ3n) is 1.32. The Morgan fingerprint density at radius 2 is 2.56 bits per heavy atom. The predicted molar refractivity (Wildman–Crippen MR) is 33.0 cm³/mol. The molecule has 1 heterocycles. The van der Waals surface area contributed by atoms with Crippen LogP contribution in [0.25, 0.3) is 0 Å². The zero-order chi connectivity index (χ0) is 6.69. The van der Waals surface area contributed by atoms with Crippen LogP contribution in [0.2, 0.25) is 0 Å². The molecule has 0 amide bonds. The Hall–Kier alpha value is -0.990. The average molecular weight is 127 g/mol. The van der Waals surface area contributed by atoms with Crippen LogP contribution < -0.4 is 5.32 Å². The Morgan fingerprint density at radius 1 is 1.78 bits per heavy atom. The van der Waals surface area contributed by atoms with E-state index in [2.05, 4.69) is 5.32 Å². The highest BCUT2D eigenvalue weighted by atomic mass is 16.4. The number of hydrogen-bond acceptors (Lipinski definition) is 2. The molecule has 0 aromatic carbocycles. The van der Waals surface area contributed by atoms with Crippen molar-refractivity contribution < 1.29 is 9.90 Å². The summed E-state index contributed by atoms with van der Waals surface area (Å²) >= 11 is 0. The first kappa shape index (κ1) is 6.13. The summed E-state index contributed by atoms with van der Waals surface area (Å²) < 4.78 is 0. The maximum absolute atomic E-state index is 10.2. The van der Waals surface area contributed by atoms with Crippen LogP contribution in [0.15, 0.2) is 11.8 Å². The number of carboxylic acids is 1. The van der Waals surface area contributed by atoms with E-state index < -0.39 is 5.97 Å². The van der Waals surface area contributed by atoms with Crippen LogP contribution in [0.1, 0.15) is 12.8 Å². The maximum Gasteiger partial charge on any atom is 0.333 e. The summed E-state index contributed by atoms with van der Waals surface area (Å²) in [6.45, 7) is 0.900. The number of rotatable bonds is 1. The van der Waals surface area contributed by atoms with Crippen molar-refractivity contribution in [3.8, 4) is 0 Å². The molecule has 1 aliphatic heterocycles. The fourth-order valence-corrected chi connectivity index (χ4v) is 0.817. The van der Waals surface area contributed by atoms with E-state index in [1.165, 1.54) is 0 Å². The average Bonchev–Trinajstić information content (AvgIpc) is 1.90. The van der Waals surface area contributed by atoms with E-state index in [-0.39, 0.29) is 0 Å². The van der Waals surface area contributed by atoms with Crippen LogP contribution in [-0.2, 0) is 4.79 Å². The number of hydrogen-bond donors (Lipinski definition) is 2. The van der Waals surface area contributed by atoms with Crippen LogP contribution in [0.3, 0.4) is 0 Å². The van der Waals surface area contributed by atoms with E-state index in [1.54, 1.807) is 6.20 Å². The van der Waals surface area contributed by atoms with Gasteiger partial charge in [-0.05, 0) is 12.8 Å². The topological polar surface area (TPSA) is 49.3 Å². The van der Waals surface area contributed by atoms with Gasteiger partial charge in [0, 0.05) is 12.7 Å². The van der Waals surface area contributed by atoms with Gasteiger partial charge in [-0.3, -0.25) is 0 Å². The summed E-state index contributed by atoms with van der Waals surface area (Å²) in [5, 5.41) is 11.3. The number of carboxylic acid groups (broad SMARTS) is 1. The van der Waals surface area contributed by atoms with Crippen molar-refractivity contribution in [2.75, 3.05) is 6.54 Å². The minimum Gasteiger partial charge on any atom is -0.478 e. The molecule has 0 aromatic heterocycles. The highest BCUT2D eigenvalue weighted by molar-refractivity contribution is 5.86. The summed E-state index contributed by atoms with van der Waals surface area (Å²) in [5.74, 6) is -0.804. The molecule has 0 saturated carbocycles. The summed E-state index contributed by atoms with van der Waals surface area (Å²) in [6.07, 6.45) is 3.20. The lowest BCUT2D eigenvalue weighted by Crippen LogP contribution is -2.17. The monoisotopic (exact) mass is 127 g/mol. The Labute approximate surface area is 53.4 Å². The molecule has 9 heavy (non-hydrogen) atoms. The van der Waals surface area contributed by atoms with Gasteiger partial charge >= 0.3 is 5.97 Å². The Kier molecular flexibility index (Phi) is 1.72. The van der Waals surface area contributed by atoms with Gasteiger partial charge in [0.2, 0.25) is 0 Å². The van der Waals surface area contributed by atoms with Crippen LogP contribution in [0.5, 0.6) is 0 Å². The van der Waals surface area contributed by atoms with Crippen molar-refractivity contribution in [1.82, 2.24) is 5.32 Å². The largest absolute Gasteiger partial charge is 0.478 e. The van der Waals surface area contributed by atoms with E-state index in [1.807, 2.05) is 0 Å². The van der Waals surface area contributed by atoms with Gasteiger partial charge in [0.05, 0.1) is 5.57 Å². The molecule has 1 rings (SSSR count). The molecule has 0 aromatic rings. The van der Waals surface area contributed by atoms with Gasteiger partial charge in [0.1, 0.15) is 0 Å². The molecule has 0 atom stereocenters. The zero-order valence-corrected chi connectivity index (χ0v) is 5.05. The standard InChI is InChI=1S/C6H9NO2/c8-6(9)5-2-1-3-7-4-5/h4,7H,1-3H2,(H,8,9). The molecule has 0 bridgehead atoms. The Bertz CT molecular complexity index is 151. The lowest BCUT2D eigenvalue weighted by atomic mass is 10.1. The van der Waals surface area contributed by atoms with Crippen LogP contribution in [0.4, 0.5) is 0 Å². The van der Waals surface area contributed by atoms with E-state index in [0.29, 0.717) is 12.0 Å². The smallest absolute Gasteiger partial charge is 0.333 e. The van der Waals surface area contributed by atoms with Gasteiger partial charge in [-0.2, -0.15) is 0 Å². The molecular formula is C6H9NO2. The third kappa shape index (κ3) is 1.45. The first-order valence-corrected chi connectivity index (χ1v) is 2.96. The fraction of sp³-hybridized carbons (Fsp3) is 0.500. The summed E-state index contributed by atoms with van der Waals surface area (Å²) in [6, 6.07) is 0. The minimum atomic E-state index is -0.804. The molecule has 0 aliphatic carbocycles. The molecule has 50 valence electrons. The van der Waals surface area contributed by atoms with E-state index in [9.17, 15) is 4.79 Å². The fourth-order valence-electron chi connectivity index (χ4n) is 0.817. The molecule has 0 saturated heterocycles. The molecule has 3 heteroatoms. The quantitative estimate of drug-likeness (QED) is 0.534. The minimum absolute atomic E-state index is 0.487. The summed E-state index contributed by atoms with van der Waals surface area (Å²) in [4.78, 5) is 10.2. The van der Waals surface area contributed by atoms with Gasteiger partial charge in [-0.15, -0.1) is 0 Å². The van der Waals surface area contributed by atoms with Crippen LogP contribution in [0, 0.1) is 0 Å². The Balaban J connectivity index is 2.57. The van der Waals surface area contributed by atoms with E-state index >= 15 is 0 Å². The molecule has 0 radical (unpaired) electrons. The molecule has 0 spiro atoms. The number of carbonyl (C=O) groups is 1. The normalized spacial score (nSPS) is 18.0. The highest BCUT2D eigenvalue weighted by Gasteiger charge is 2.08. The van der Waals surface area contributed by atoms with Crippen molar-refractivity contribution in [2.45, 2.75) is 12.8 Å². The van der Waals surface area contributed by atoms with Gasteiger partial charge < -0.3 is 10.4 Å². The molecule has 0 fully saturated rings. The second-order valence-electron chi connectivity index (χ2n) is 2.03. The summed E-state index contributed by atoms with van der Waals surface area (Å²) in [5.41, 5.74) is 0.487. The molecular weight excluding hydrogens is 118 g/mol. The third-order valence-corrected chi connectivity index (χ3v) is 1.32. The Morgan fingerprint density at radius 3 is 2.89 bits per heavy atom. The van der Waals surface area contributed by atoms with Gasteiger partial charge in [0.25, 0.3) is 0 Å². The molecule has 1 aliphatic rings. The van der Waals surface area contributed by atoms with Crippen molar-refractivity contribution >= 4 is 5.97 Å². The van der Waals surface area contributed by atoms with Gasteiger partial charge in [-0.25, -0.2) is 4.79 Å². The van der Waals surface area contributed by atoms with Crippen LogP contribution in [-0.4, -0.2) is 17.6 Å². The first-order valence-electron chi connectivity index (χ1n) is 2.96.